The van der Waals surface area contributed by atoms with Crippen molar-refractivity contribution in [1.29, 1.82) is 0 Å². The Bertz CT molecular complexity index is 1180. The molecule has 1 saturated carbocycles. The number of hydrogen-bond donors (Lipinski definition) is 1. The highest BCUT2D eigenvalue weighted by Gasteiger charge is 2.31. The van der Waals surface area contributed by atoms with E-state index in [1.807, 2.05) is 32.0 Å². The zero-order chi connectivity index (χ0) is 22.0. The molecule has 4 rings (SSSR count). The molecule has 1 N–H and O–H groups in total. The van der Waals surface area contributed by atoms with Gasteiger partial charge in [0.1, 0.15) is 0 Å². The molecule has 6 nitrogen and oxygen atoms in total. The van der Waals surface area contributed by atoms with E-state index in [0.717, 1.165) is 40.9 Å². The second-order valence-electron chi connectivity index (χ2n) is 7.89. The first-order valence-corrected chi connectivity index (χ1v) is 12.9. The fourth-order valence-electron chi connectivity index (χ4n) is 4.23. The lowest BCUT2D eigenvalue weighted by atomic mass is 9.95. The van der Waals surface area contributed by atoms with Crippen molar-refractivity contribution in [3.8, 4) is 0 Å². The van der Waals surface area contributed by atoms with Gasteiger partial charge in [0.2, 0.25) is 10.0 Å². The normalized spacial score (nSPS) is 15.5. The molecule has 1 amide bonds. The first kappa shape index (κ1) is 21.9. The van der Waals surface area contributed by atoms with Crippen LogP contribution in [0.15, 0.2) is 47.4 Å². The first-order valence-electron chi connectivity index (χ1n) is 10.7. The lowest BCUT2D eigenvalue weighted by Crippen LogP contribution is -2.41. The summed E-state index contributed by atoms with van der Waals surface area (Å²) in [7, 11) is -3.58. The summed E-state index contributed by atoms with van der Waals surface area (Å²) in [5, 5.41) is 3.86. The number of fused-ring (bicyclic) bond motifs is 1. The maximum atomic E-state index is 13.2. The number of benzene rings is 2. The molecule has 0 radical (unpaired) electrons. The summed E-state index contributed by atoms with van der Waals surface area (Å²) in [5.74, 6) is -0.274. The highest BCUT2D eigenvalue weighted by molar-refractivity contribution is 7.89. The second-order valence-corrected chi connectivity index (χ2v) is 11.0. The SMILES string of the molecule is CCN(C1CCCCC1)S(=O)(=O)c1ccc(C(=O)Nc2ccc3nc(C)sc3c2)cc1. The Hall–Kier alpha value is -2.29. The number of hydrogen-bond acceptors (Lipinski definition) is 5. The summed E-state index contributed by atoms with van der Waals surface area (Å²) in [6.45, 7) is 4.29. The third kappa shape index (κ3) is 4.66. The number of nitrogens with zero attached hydrogens (tertiary/aromatic N) is 2. The number of nitrogens with one attached hydrogen (secondary N) is 1. The molecular weight excluding hydrogens is 430 g/mol. The molecule has 0 spiro atoms. The van der Waals surface area contributed by atoms with E-state index in [0.29, 0.717) is 17.8 Å². The van der Waals surface area contributed by atoms with Gasteiger partial charge in [-0.05, 0) is 62.2 Å². The zero-order valence-corrected chi connectivity index (χ0v) is 19.4. The van der Waals surface area contributed by atoms with Crippen molar-refractivity contribution < 1.29 is 13.2 Å². The Kier molecular flexibility index (Phi) is 6.41. The molecule has 1 aliphatic carbocycles. The van der Waals surface area contributed by atoms with Crippen LogP contribution in [0.2, 0.25) is 0 Å². The van der Waals surface area contributed by atoms with Gasteiger partial charge < -0.3 is 5.32 Å². The largest absolute Gasteiger partial charge is 0.322 e. The number of carbonyl (C=O) groups is 1. The average Bonchev–Trinajstić information content (AvgIpc) is 3.14. The Labute approximate surface area is 187 Å². The van der Waals surface area contributed by atoms with E-state index in [1.54, 1.807) is 27.8 Å². The van der Waals surface area contributed by atoms with Crippen LogP contribution in [0.4, 0.5) is 5.69 Å². The molecule has 0 saturated heterocycles. The smallest absolute Gasteiger partial charge is 0.255 e. The molecule has 0 atom stereocenters. The van der Waals surface area contributed by atoms with Gasteiger partial charge in [0.05, 0.1) is 20.1 Å². The molecule has 0 aliphatic heterocycles. The maximum Gasteiger partial charge on any atom is 0.255 e. The fraction of sp³-hybridized carbons (Fsp3) is 0.391. The van der Waals surface area contributed by atoms with Crippen LogP contribution < -0.4 is 5.32 Å². The Morgan fingerprint density at radius 1 is 1.13 bits per heavy atom. The predicted molar refractivity (Wildman–Crippen MR) is 125 cm³/mol. The molecule has 2 aromatic carbocycles. The molecule has 0 unspecified atom stereocenters. The summed E-state index contributed by atoms with van der Waals surface area (Å²) in [6, 6.07) is 11.9. The van der Waals surface area contributed by atoms with Crippen LogP contribution in [0.25, 0.3) is 10.2 Å². The highest BCUT2D eigenvalue weighted by Crippen LogP contribution is 2.28. The van der Waals surface area contributed by atoms with Gasteiger partial charge in [-0.2, -0.15) is 4.31 Å². The third-order valence-corrected chi connectivity index (χ3v) is 8.75. The van der Waals surface area contributed by atoms with E-state index >= 15 is 0 Å². The van der Waals surface area contributed by atoms with Crippen LogP contribution in [0, 0.1) is 6.92 Å². The minimum Gasteiger partial charge on any atom is -0.322 e. The molecule has 1 aliphatic rings. The van der Waals surface area contributed by atoms with Crippen LogP contribution in [-0.4, -0.2) is 36.2 Å². The van der Waals surface area contributed by atoms with Crippen molar-refractivity contribution in [2.75, 3.05) is 11.9 Å². The fourth-order valence-corrected chi connectivity index (χ4v) is 6.79. The van der Waals surface area contributed by atoms with Crippen LogP contribution in [0.1, 0.15) is 54.4 Å². The first-order chi connectivity index (χ1) is 14.9. The van der Waals surface area contributed by atoms with Crippen molar-refractivity contribution in [3.63, 3.8) is 0 Å². The van der Waals surface area contributed by atoms with Crippen LogP contribution in [-0.2, 0) is 10.0 Å². The van der Waals surface area contributed by atoms with Crippen LogP contribution in [0.3, 0.4) is 0 Å². The van der Waals surface area contributed by atoms with E-state index in [1.165, 1.54) is 18.6 Å². The van der Waals surface area contributed by atoms with Gasteiger partial charge in [0, 0.05) is 23.8 Å². The molecule has 31 heavy (non-hydrogen) atoms. The summed E-state index contributed by atoms with van der Waals surface area (Å²) in [6.07, 6.45) is 5.15. The molecule has 8 heteroatoms. The van der Waals surface area contributed by atoms with Gasteiger partial charge >= 0.3 is 0 Å². The number of thiazole rings is 1. The molecular formula is C23H27N3O3S2. The second kappa shape index (κ2) is 9.06. The van der Waals surface area contributed by atoms with Gasteiger partial charge in [-0.25, -0.2) is 13.4 Å². The highest BCUT2D eigenvalue weighted by atomic mass is 32.2. The van der Waals surface area contributed by atoms with E-state index in [9.17, 15) is 13.2 Å². The standard InChI is InChI=1S/C23H27N3O3S2/c1-3-26(19-7-5-4-6-8-19)31(28,29)20-12-9-17(10-13-20)23(27)25-18-11-14-21-22(15-18)30-16(2)24-21/h9-15,19H,3-8H2,1-2H3,(H,25,27). The average molecular weight is 458 g/mol. The van der Waals surface area contributed by atoms with E-state index < -0.39 is 10.0 Å². The van der Waals surface area contributed by atoms with Crippen molar-refractivity contribution in [3.05, 3.63) is 53.0 Å². The summed E-state index contributed by atoms with van der Waals surface area (Å²) < 4.78 is 29.0. The molecule has 0 bridgehead atoms. The van der Waals surface area contributed by atoms with Gasteiger partial charge in [-0.1, -0.05) is 26.2 Å². The number of amides is 1. The summed E-state index contributed by atoms with van der Waals surface area (Å²) >= 11 is 1.58. The van der Waals surface area contributed by atoms with Gasteiger partial charge in [0.15, 0.2) is 0 Å². The summed E-state index contributed by atoms with van der Waals surface area (Å²) in [4.78, 5) is 17.3. The minimum absolute atomic E-state index is 0.0667. The molecule has 1 aromatic heterocycles. The molecule has 1 fully saturated rings. The van der Waals surface area contributed by atoms with Crippen molar-refractivity contribution in [2.45, 2.75) is 56.9 Å². The van der Waals surface area contributed by atoms with Crippen LogP contribution >= 0.6 is 11.3 Å². The Balaban J connectivity index is 1.50. The van der Waals surface area contributed by atoms with Gasteiger partial charge in [-0.3, -0.25) is 4.79 Å². The lowest BCUT2D eigenvalue weighted by Gasteiger charge is -2.32. The van der Waals surface area contributed by atoms with E-state index in [4.69, 9.17) is 0 Å². The monoisotopic (exact) mass is 457 g/mol. The topological polar surface area (TPSA) is 79.4 Å². The summed E-state index contributed by atoms with van der Waals surface area (Å²) in [5.41, 5.74) is 2.01. The number of sulfonamides is 1. The number of aryl methyl sites for hydroxylation is 1. The van der Waals surface area contributed by atoms with Crippen molar-refractivity contribution in [1.82, 2.24) is 9.29 Å². The van der Waals surface area contributed by atoms with Crippen LogP contribution in [0.5, 0.6) is 0 Å². The van der Waals surface area contributed by atoms with Crippen molar-refractivity contribution in [2.24, 2.45) is 0 Å². The van der Waals surface area contributed by atoms with E-state index in [2.05, 4.69) is 10.3 Å². The zero-order valence-electron chi connectivity index (χ0n) is 17.8. The number of aromatic nitrogens is 1. The lowest BCUT2D eigenvalue weighted by molar-refractivity contribution is 0.102. The van der Waals surface area contributed by atoms with Gasteiger partial charge in [0.25, 0.3) is 5.91 Å². The van der Waals surface area contributed by atoms with E-state index in [-0.39, 0.29) is 16.8 Å². The number of anilines is 1. The quantitative estimate of drug-likeness (QED) is 0.552. The third-order valence-electron chi connectivity index (χ3n) is 5.77. The number of rotatable bonds is 6. The molecule has 1 heterocycles. The minimum atomic E-state index is -3.58. The van der Waals surface area contributed by atoms with Crippen molar-refractivity contribution >= 4 is 43.2 Å². The van der Waals surface area contributed by atoms with Gasteiger partial charge in [-0.15, -0.1) is 11.3 Å². The molecule has 164 valence electrons. The molecule has 3 aromatic rings. The predicted octanol–water partition coefficient (Wildman–Crippen LogP) is 5.20. The Morgan fingerprint density at radius 2 is 1.84 bits per heavy atom. The Morgan fingerprint density at radius 3 is 2.52 bits per heavy atom. The number of carbonyl (C=O) groups excluding carboxylic acids is 1. The maximum absolute atomic E-state index is 13.2.